The van der Waals surface area contributed by atoms with Crippen LogP contribution in [0.3, 0.4) is 0 Å². The van der Waals surface area contributed by atoms with Crippen LogP contribution in [0.25, 0.3) is 0 Å². The number of hydrogen-bond donors (Lipinski definition) is 0. The summed E-state index contributed by atoms with van der Waals surface area (Å²) in [6, 6.07) is 3.61. The largest absolute Gasteiger partial charge is 0.466 e. The Balaban J connectivity index is 2.44. The maximum atomic E-state index is 13.1. The van der Waals surface area contributed by atoms with Crippen molar-refractivity contribution < 1.29 is 18.7 Å². The van der Waals surface area contributed by atoms with Gasteiger partial charge in [0.15, 0.2) is 5.78 Å². The minimum Gasteiger partial charge on any atom is -0.466 e. The minimum atomic E-state index is -0.568. The van der Waals surface area contributed by atoms with E-state index < -0.39 is 11.8 Å². The van der Waals surface area contributed by atoms with Gasteiger partial charge in [0, 0.05) is 17.0 Å². The summed E-state index contributed by atoms with van der Waals surface area (Å²) < 4.78 is 18.0. The van der Waals surface area contributed by atoms with Gasteiger partial charge in [-0.05, 0) is 24.6 Å². The number of carbonyl (C=O) groups excluding carboxylic acids is 2. The molecule has 5 heteroatoms. The third-order valence-corrected chi connectivity index (χ3v) is 2.72. The summed E-state index contributed by atoms with van der Waals surface area (Å²) in [6.45, 7) is 2.36. The number of esters is 1. The van der Waals surface area contributed by atoms with E-state index in [9.17, 15) is 14.0 Å². The van der Waals surface area contributed by atoms with E-state index in [0.717, 1.165) is 25.0 Å². The van der Waals surface area contributed by atoms with Gasteiger partial charge in [-0.1, -0.05) is 24.9 Å². The van der Waals surface area contributed by atoms with Crippen molar-refractivity contribution in [1.82, 2.24) is 0 Å². The van der Waals surface area contributed by atoms with Gasteiger partial charge in [0.25, 0.3) is 0 Å². The highest BCUT2D eigenvalue weighted by Crippen LogP contribution is 2.16. The molecule has 0 unspecified atom stereocenters. The van der Waals surface area contributed by atoms with E-state index in [4.69, 9.17) is 16.3 Å². The van der Waals surface area contributed by atoms with Gasteiger partial charge in [0.05, 0.1) is 13.0 Å². The Morgan fingerprint density at radius 2 is 2.00 bits per heavy atom. The highest BCUT2D eigenvalue weighted by atomic mass is 35.5. The van der Waals surface area contributed by atoms with Crippen molar-refractivity contribution in [3.8, 4) is 0 Å². The molecule has 1 aromatic carbocycles. The fourth-order valence-electron chi connectivity index (χ4n) is 1.48. The molecule has 3 nitrogen and oxygen atoms in total. The second-order valence-electron chi connectivity index (χ2n) is 4.16. The molecule has 0 aliphatic rings. The van der Waals surface area contributed by atoms with Crippen LogP contribution in [0.4, 0.5) is 4.39 Å². The number of unbranched alkanes of at least 4 members (excludes halogenated alkanes) is 1. The lowest BCUT2D eigenvalue weighted by molar-refractivity contribution is -0.143. The predicted molar refractivity (Wildman–Crippen MR) is 70.8 cm³/mol. The SMILES string of the molecule is CCCCOC(=O)CCC(=O)c1cc(F)cc(Cl)c1. The van der Waals surface area contributed by atoms with Gasteiger partial charge < -0.3 is 4.74 Å². The van der Waals surface area contributed by atoms with E-state index in [1.165, 1.54) is 6.07 Å². The van der Waals surface area contributed by atoms with Crippen molar-refractivity contribution in [3.05, 3.63) is 34.6 Å². The Bertz CT molecular complexity index is 440. The van der Waals surface area contributed by atoms with Gasteiger partial charge in [0.1, 0.15) is 5.82 Å². The molecule has 0 aliphatic heterocycles. The molecular weight excluding hydrogens is 271 g/mol. The third-order valence-electron chi connectivity index (χ3n) is 2.50. The zero-order chi connectivity index (χ0) is 14.3. The van der Waals surface area contributed by atoms with Crippen molar-refractivity contribution >= 4 is 23.4 Å². The van der Waals surface area contributed by atoms with Crippen LogP contribution in [0.2, 0.25) is 5.02 Å². The zero-order valence-electron chi connectivity index (χ0n) is 10.7. The van der Waals surface area contributed by atoms with Crippen LogP contribution in [0.1, 0.15) is 43.0 Å². The summed E-state index contributed by atoms with van der Waals surface area (Å²) >= 11 is 5.66. The number of hydrogen-bond acceptors (Lipinski definition) is 3. The molecule has 0 spiro atoms. The second kappa shape index (κ2) is 7.89. The Kier molecular flexibility index (Phi) is 6.50. The summed E-state index contributed by atoms with van der Waals surface area (Å²) in [5.41, 5.74) is 0.173. The topological polar surface area (TPSA) is 43.4 Å². The normalized spacial score (nSPS) is 10.3. The van der Waals surface area contributed by atoms with Crippen molar-refractivity contribution in [2.45, 2.75) is 32.6 Å². The Hall–Kier alpha value is -1.42. The number of rotatable bonds is 7. The van der Waals surface area contributed by atoms with Gasteiger partial charge in [-0.2, -0.15) is 0 Å². The molecule has 1 rings (SSSR count). The minimum absolute atomic E-state index is 0.00329. The summed E-state index contributed by atoms with van der Waals surface area (Å²) in [4.78, 5) is 23.1. The zero-order valence-corrected chi connectivity index (χ0v) is 11.5. The molecule has 0 atom stereocenters. The Morgan fingerprint density at radius 3 is 2.63 bits per heavy atom. The molecule has 0 saturated carbocycles. The second-order valence-corrected chi connectivity index (χ2v) is 4.59. The summed E-state index contributed by atoms with van der Waals surface area (Å²) in [5, 5.41) is 0.161. The number of Topliss-reactive ketones (excluding diaryl/α,β-unsaturated/α-hetero) is 1. The van der Waals surface area contributed by atoms with Gasteiger partial charge in [0.2, 0.25) is 0 Å². The maximum Gasteiger partial charge on any atom is 0.306 e. The van der Waals surface area contributed by atoms with Crippen LogP contribution >= 0.6 is 11.6 Å². The number of ketones is 1. The van der Waals surface area contributed by atoms with E-state index in [2.05, 4.69) is 0 Å². The highest BCUT2D eigenvalue weighted by molar-refractivity contribution is 6.31. The average molecular weight is 287 g/mol. The van der Waals surface area contributed by atoms with Gasteiger partial charge >= 0.3 is 5.97 Å². The number of carbonyl (C=O) groups is 2. The fraction of sp³-hybridized carbons (Fsp3) is 0.429. The van der Waals surface area contributed by atoms with E-state index in [1.54, 1.807) is 0 Å². The molecule has 0 bridgehead atoms. The van der Waals surface area contributed by atoms with Crippen LogP contribution in [0.5, 0.6) is 0 Å². The highest BCUT2D eigenvalue weighted by Gasteiger charge is 2.11. The first-order valence-corrected chi connectivity index (χ1v) is 6.55. The van der Waals surface area contributed by atoms with Gasteiger partial charge in [-0.15, -0.1) is 0 Å². The molecule has 0 N–H and O–H groups in total. The lowest BCUT2D eigenvalue weighted by atomic mass is 10.1. The summed E-state index contributed by atoms with van der Waals surface area (Å²) in [7, 11) is 0. The third kappa shape index (κ3) is 5.83. The van der Waals surface area contributed by atoms with Crippen molar-refractivity contribution in [2.24, 2.45) is 0 Å². The molecule has 104 valence electrons. The quantitative estimate of drug-likeness (QED) is 0.435. The molecule has 0 aliphatic carbocycles. The first kappa shape index (κ1) is 15.6. The Morgan fingerprint density at radius 1 is 1.26 bits per heavy atom. The molecule has 0 radical (unpaired) electrons. The van der Waals surface area contributed by atoms with Gasteiger partial charge in [-0.3, -0.25) is 9.59 Å². The molecule has 0 aromatic heterocycles. The molecule has 1 aromatic rings. The van der Waals surface area contributed by atoms with E-state index in [0.29, 0.717) is 6.61 Å². The van der Waals surface area contributed by atoms with E-state index >= 15 is 0 Å². The molecule has 19 heavy (non-hydrogen) atoms. The van der Waals surface area contributed by atoms with Crippen molar-refractivity contribution in [2.75, 3.05) is 6.61 Å². The van der Waals surface area contributed by atoms with Crippen molar-refractivity contribution in [3.63, 3.8) is 0 Å². The first-order valence-electron chi connectivity index (χ1n) is 6.18. The lowest BCUT2D eigenvalue weighted by Crippen LogP contribution is -2.09. The lowest BCUT2D eigenvalue weighted by Gasteiger charge is -2.04. The average Bonchev–Trinajstić information content (AvgIpc) is 2.35. The van der Waals surface area contributed by atoms with Crippen LogP contribution in [-0.2, 0) is 9.53 Å². The number of ether oxygens (including phenoxy) is 1. The fourth-order valence-corrected chi connectivity index (χ4v) is 1.70. The summed E-state index contributed by atoms with van der Waals surface area (Å²) in [5.74, 6) is -1.31. The number of halogens is 2. The van der Waals surface area contributed by atoms with E-state index in [1.807, 2.05) is 6.92 Å². The number of benzene rings is 1. The van der Waals surface area contributed by atoms with Crippen LogP contribution in [0.15, 0.2) is 18.2 Å². The predicted octanol–water partition coefficient (Wildman–Crippen LogP) is 3.79. The van der Waals surface area contributed by atoms with Gasteiger partial charge in [-0.25, -0.2) is 4.39 Å². The first-order chi connectivity index (χ1) is 9.02. The Labute approximate surface area is 116 Å². The molecule has 0 heterocycles. The monoisotopic (exact) mass is 286 g/mol. The molecule has 0 fully saturated rings. The molecule has 0 amide bonds. The van der Waals surface area contributed by atoms with E-state index in [-0.39, 0.29) is 29.2 Å². The molecular formula is C14H16ClFO3. The van der Waals surface area contributed by atoms with Crippen LogP contribution < -0.4 is 0 Å². The van der Waals surface area contributed by atoms with Crippen molar-refractivity contribution in [1.29, 1.82) is 0 Å². The summed E-state index contributed by atoms with van der Waals surface area (Å²) in [6.07, 6.45) is 1.73. The smallest absolute Gasteiger partial charge is 0.306 e. The van der Waals surface area contributed by atoms with Crippen LogP contribution in [-0.4, -0.2) is 18.4 Å². The molecule has 0 saturated heterocycles. The standard InChI is InChI=1S/C14H16ClFO3/c1-2-3-6-19-14(18)5-4-13(17)10-7-11(15)9-12(16)8-10/h7-9H,2-6H2,1H3. The van der Waals surface area contributed by atoms with Crippen LogP contribution in [0, 0.1) is 5.82 Å². The maximum absolute atomic E-state index is 13.1.